The van der Waals surface area contributed by atoms with E-state index in [4.69, 9.17) is 19.4 Å². The van der Waals surface area contributed by atoms with Gasteiger partial charge in [-0.2, -0.15) is 4.98 Å². The zero-order valence-electron chi connectivity index (χ0n) is 9.91. The van der Waals surface area contributed by atoms with E-state index in [0.29, 0.717) is 24.4 Å². The van der Waals surface area contributed by atoms with Gasteiger partial charge in [-0.1, -0.05) is 5.16 Å². The molecular weight excluding hydrogens is 234 g/mol. The van der Waals surface area contributed by atoms with Crippen LogP contribution in [0, 0.1) is 0 Å². The Balaban J connectivity index is 1.61. The highest BCUT2D eigenvalue weighted by molar-refractivity contribution is 5.49. The van der Waals surface area contributed by atoms with E-state index in [-0.39, 0.29) is 6.04 Å². The minimum atomic E-state index is -0.352. The molecule has 2 aromatic heterocycles. The predicted octanol–water partition coefficient (Wildman–Crippen LogP) is 1.90. The van der Waals surface area contributed by atoms with Gasteiger partial charge in [0.1, 0.15) is 6.26 Å². The van der Waals surface area contributed by atoms with Crippen LogP contribution < -0.4 is 5.73 Å². The van der Waals surface area contributed by atoms with Crippen molar-refractivity contribution in [3.63, 3.8) is 0 Å². The number of rotatable bonds is 5. The summed E-state index contributed by atoms with van der Waals surface area (Å²) < 4.78 is 15.7. The van der Waals surface area contributed by atoms with Gasteiger partial charge in [-0.25, -0.2) is 0 Å². The highest BCUT2D eigenvalue weighted by Gasteiger charge is 2.21. The molecule has 2 heterocycles. The molecule has 0 aliphatic heterocycles. The van der Waals surface area contributed by atoms with Crippen molar-refractivity contribution in [2.75, 3.05) is 6.61 Å². The average Bonchev–Trinajstić information content (AvgIpc) is 2.97. The van der Waals surface area contributed by atoms with Crippen molar-refractivity contribution in [2.24, 2.45) is 5.73 Å². The molecule has 0 radical (unpaired) electrons. The Morgan fingerprint density at radius 2 is 2.39 bits per heavy atom. The molecule has 0 aromatic carbocycles. The van der Waals surface area contributed by atoms with Crippen LogP contribution in [-0.4, -0.2) is 22.9 Å². The van der Waals surface area contributed by atoms with Crippen molar-refractivity contribution < 1.29 is 13.7 Å². The first kappa shape index (κ1) is 11.4. The van der Waals surface area contributed by atoms with Crippen molar-refractivity contribution in [3.8, 4) is 11.5 Å². The third-order valence-electron chi connectivity index (χ3n) is 3.11. The quantitative estimate of drug-likeness (QED) is 0.870. The molecule has 1 aliphatic carbocycles. The fraction of sp³-hybridized carbons (Fsp3) is 0.500. The second kappa shape index (κ2) is 4.91. The molecule has 0 bridgehead atoms. The van der Waals surface area contributed by atoms with Gasteiger partial charge in [-0.3, -0.25) is 0 Å². The van der Waals surface area contributed by atoms with Crippen LogP contribution in [0.25, 0.3) is 11.5 Å². The Morgan fingerprint density at radius 3 is 3.06 bits per heavy atom. The fourth-order valence-corrected chi connectivity index (χ4v) is 1.74. The molecule has 96 valence electrons. The van der Waals surface area contributed by atoms with Gasteiger partial charge in [0.15, 0.2) is 5.82 Å². The molecular formula is C12H15N3O3. The summed E-state index contributed by atoms with van der Waals surface area (Å²) in [4.78, 5) is 4.23. The second-order valence-electron chi connectivity index (χ2n) is 4.46. The highest BCUT2D eigenvalue weighted by Crippen LogP contribution is 2.23. The van der Waals surface area contributed by atoms with Crippen LogP contribution in [0.2, 0.25) is 0 Å². The van der Waals surface area contributed by atoms with Crippen molar-refractivity contribution >= 4 is 0 Å². The smallest absolute Gasteiger partial charge is 0.261 e. The van der Waals surface area contributed by atoms with Gasteiger partial charge in [-0.05, 0) is 25.3 Å². The molecule has 1 fully saturated rings. The maximum absolute atomic E-state index is 5.96. The lowest BCUT2D eigenvalue weighted by Gasteiger charge is -2.26. The Hall–Kier alpha value is -1.66. The van der Waals surface area contributed by atoms with Crippen LogP contribution in [0.1, 0.15) is 31.1 Å². The van der Waals surface area contributed by atoms with Crippen LogP contribution in [0.4, 0.5) is 0 Å². The van der Waals surface area contributed by atoms with E-state index in [1.54, 1.807) is 18.6 Å². The molecule has 3 rings (SSSR count). The number of nitrogens with two attached hydrogens (primary N) is 1. The van der Waals surface area contributed by atoms with E-state index in [0.717, 1.165) is 18.4 Å². The number of hydrogen-bond donors (Lipinski definition) is 1. The molecule has 1 saturated carbocycles. The summed E-state index contributed by atoms with van der Waals surface area (Å²) in [6.45, 7) is 0.426. The Bertz CT molecular complexity index is 490. The maximum atomic E-state index is 5.96. The zero-order valence-corrected chi connectivity index (χ0v) is 9.91. The molecule has 6 heteroatoms. The summed E-state index contributed by atoms with van der Waals surface area (Å²) in [7, 11) is 0. The number of aromatic nitrogens is 2. The number of ether oxygens (including phenoxy) is 1. The molecule has 2 aromatic rings. The average molecular weight is 249 g/mol. The first-order valence-corrected chi connectivity index (χ1v) is 6.06. The van der Waals surface area contributed by atoms with Gasteiger partial charge in [0.05, 0.1) is 30.6 Å². The standard InChI is InChI=1S/C12H15N3O3/c13-10(7-17-9-2-1-3-9)11-14-12(18-15-11)8-4-5-16-6-8/h4-6,9-10H,1-3,7,13H2. The third-order valence-corrected chi connectivity index (χ3v) is 3.11. The van der Waals surface area contributed by atoms with Crippen molar-refractivity contribution in [1.29, 1.82) is 0 Å². The van der Waals surface area contributed by atoms with Crippen molar-refractivity contribution in [3.05, 3.63) is 24.4 Å². The molecule has 1 aliphatic rings. The second-order valence-corrected chi connectivity index (χ2v) is 4.46. The van der Waals surface area contributed by atoms with Crippen LogP contribution in [0.5, 0.6) is 0 Å². The molecule has 6 nitrogen and oxygen atoms in total. The van der Waals surface area contributed by atoms with Gasteiger partial charge in [0, 0.05) is 0 Å². The lowest BCUT2D eigenvalue weighted by Crippen LogP contribution is -2.27. The first-order chi connectivity index (χ1) is 8.83. The van der Waals surface area contributed by atoms with Gasteiger partial charge < -0.3 is 19.4 Å². The third kappa shape index (κ3) is 2.30. The summed E-state index contributed by atoms with van der Waals surface area (Å²) in [5, 5.41) is 3.86. The summed E-state index contributed by atoms with van der Waals surface area (Å²) in [5.74, 6) is 0.878. The normalized spacial score (nSPS) is 17.6. The molecule has 0 spiro atoms. The summed E-state index contributed by atoms with van der Waals surface area (Å²) >= 11 is 0. The predicted molar refractivity (Wildman–Crippen MR) is 62.5 cm³/mol. The Morgan fingerprint density at radius 1 is 1.50 bits per heavy atom. The summed E-state index contributed by atoms with van der Waals surface area (Å²) in [6.07, 6.45) is 6.95. The Kier molecular flexibility index (Phi) is 3.12. The monoisotopic (exact) mass is 249 g/mol. The maximum Gasteiger partial charge on any atom is 0.261 e. The van der Waals surface area contributed by atoms with E-state index >= 15 is 0 Å². The van der Waals surface area contributed by atoms with Crippen LogP contribution in [-0.2, 0) is 4.74 Å². The minimum absolute atomic E-state index is 0.352. The first-order valence-electron chi connectivity index (χ1n) is 6.06. The SMILES string of the molecule is NC(COC1CCC1)c1noc(-c2ccoc2)n1. The van der Waals surface area contributed by atoms with Crippen LogP contribution in [0.3, 0.4) is 0 Å². The van der Waals surface area contributed by atoms with E-state index < -0.39 is 0 Å². The van der Waals surface area contributed by atoms with E-state index in [1.807, 2.05) is 0 Å². The lowest BCUT2D eigenvalue weighted by molar-refractivity contribution is -0.00549. The zero-order chi connectivity index (χ0) is 12.4. The largest absolute Gasteiger partial charge is 0.472 e. The van der Waals surface area contributed by atoms with Gasteiger partial charge >= 0.3 is 0 Å². The Labute approximate surface area is 104 Å². The van der Waals surface area contributed by atoms with Crippen molar-refractivity contribution in [1.82, 2.24) is 10.1 Å². The molecule has 0 saturated heterocycles. The summed E-state index contributed by atoms with van der Waals surface area (Å²) in [6, 6.07) is 1.41. The van der Waals surface area contributed by atoms with Crippen LogP contribution in [0.15, 0.2) is 27.5 Å². The molecule has 1 atom stereocenters. The summed E-state index contributed by atoms with van der Waals surface area (Å²) in [5.41, 5.74) is 6.71. The van der Waals surface area contributed by atoms with E-state index in [1.165, 1.54) is 6.42 Å². The fourth-order valence-electron chi connectivity index (χ4n) is 1.74. The number of hydrogen-bond acceptors (Lipinski definition) is 6. The molecule has 0 amide bonds. The van der Waals surface area contributed by atoms with Crippen LogP contribution >= 0.6 is 0 Å². The van der Waals surface area contributed by atoms with Crippen molar-refractivity contribution in [2.45, 2.75) is 31.4 Å². The highest BCUT2D eigenvalue weighted by atomic mass is 16.5. The molecule has 1 unspecified atom stereocenters. The molecule has 2 N–H and O–H groups in total. The minimum Gasteiger partial charge on any atom is -0.472 e. The molecule has 18 heavy (non-hydrogen) atoms. The van der Waals surface area contributed by atoms with Gasteiger partial charge in [0.25, 0.3) is 5.89 Å². The van der Waals surface area contributed by atoms with E-state index in [2.05, 4.69) is 10.1 Å². The van der Waals surface area contributed by atoms with E-state index in [9.17, 15) is 0 Å². The van der Waals surface area contributed by atoms with Gasteiger partial charge in [0.2, 0.25) is 0 Å². The number of furan rings is 1. The van der Waals surface area contributed by atoms with Gasteiger partial charge in [-0.15, -0.1) is 0 Å². The lowest BCUT2D eigenvalue weighted by atomic mass is 9.96. The topological polar surface area (TPSA) is 87.3 Å². The number of nitrogens with zero attached hydrogens (tertiary/aromatic N) is 2.